The zero-order valence-corrected chi connectivity index (χ0v) is 10.7. The number of hydrogen-bond donors (Lipinski definition) is 2. The van der Waals surface area contributed by atoms with Crippen LogP contribution >= 0.6 is 24.8 Å². The molecule has 92 valence electrons. The van der Waals surface area contributed by atoms with Gasteiger partial charge in [-0.3, -0.25) is 0 Å². The molecule has 0 aromatic carbocycles. The van der Waals surface area contributed by atoms with Crippen molar-refractivity contribution in [3.05, 3.63) is 0 Å². The number of likely N-dealkylation sites (tertiary alicyclic amines) is 1. The molecule has 0 radical (unpaired) electrons. The van der Waals surface area contributed by atoms with E-state index in [1.807, 2.05) is 0 Å². The molecular formula is C10H22Cl2N2O. The first kappa shape index (κ1) is 15.5. The van der Waals surface area contributed by atoms with Gasteiger partial charge in [-0.1, -0.05) is 0 Å². The van der Waals surface area contributed by atoms with Crippen LogP contribution in [0.3, 0.4) is 0 Å². The summed E-state index contributed by atoms with van der Waals surface area (Å²) in [5.74, 6) is 0. The fraction of sp³-hybridized carbons (Fsp3) is 1.00. The summed E-state index contributed by atoms with van der Waals surface area (Å²) in [5.41, 5.74) is -0.393. The van der Waals surface area contributed by atoms with Crippen molar-refractivity contribution in [2.75, 3.05) is 32.7 Å². The molecule has 2 heterocycles. The summed E-state index contributed by atoms with van der Waals surface area (Å²) in [6.07, 6.45) is 4.47. The Morgan fingerprint density at radius 2 is 1.60 bits per heavy atom. The number of rotatable bonds is 2. The molecule has 2 aliphatic rings. The van der Waals surface area contributed by atoms with Gasteiger partial charge < -0.3 is 15.3 Å². The molecule has 0 unspecified atom stereocenters. The van der Waals surface area contributed by atoms with E-state index in [1.165, 1.54) is 25.9 Å². The Kier molecular flexibility index (Phi) is 7.13. The van der Waals surface area contributed by atoms with Crippen molar-refractivity contribution in [1.82, 2.24) is 10.2 Å². The van der Waals surface area contributed by atoms with E-state index in [0.717, 1.165) is 32.5 Å². The Bertz CT molecular complexity index is 169. The highest BCUT2D eigenvalue weighted by Gasteiger charge is 2.31. The molecule has 0 aromatic heterocycles. The van der Waals surface area contributed by atoms with Crippen LogP contribution in [0, 0.1) is 0 Å². The lowest BCUT2D eigenvalue weighted by Crippen LogP contribution is -2.49. The van der Waals surface area contributed by atoms with Gasteiger partial charge in [0.1, 0.15) is 0 Å². The summed E-state index contributed by atoms with van der Waals surface area (Å²) >= 11 is 0. The van der Waals surface area contributed by atoms with Crippen LogP contribution in [0.2, 0.25) is 0 Å². The van der Waals surface area contributed by atoms with E-state index < -0.39 is 5.60 Å². The third-order valence-electron chi connectivity index (χ3n) is 3.25. The Hall–Kier alpha value is 0.460. The predicted molar refractivity (Wildman–Crippen MR) is 67.2 cm³/mol. The van der Waals surface area contributed by atoms with Crippen molar-refractivity contribution in [2.24, 2.45) is 0 Å². The summed E-state index contributed by atoms with van der Waals surface area (Å²) in [4.78, 5) is 2.41. The highest BCUT2D eigenvalue weighted by atomic mass is 35.5. The minimum atomic E-state index is -0.393. The third-order valence-corrected chi connectivity index (χ3v) is 3.25. The van der Waals surface area contributed by atoms with Crippen molar-refractivity contribution in [1.29, 1.82) is 0 Å². The van der Waals surface area contributed by atoms with Gasteiger partial charge in [0.15, 0.2) is 0 Å². The number of piperidine rings is 1. The first-order valence-electron chi connectivity index (χ1n) is 5.44. The van der Waals surface area contributed by atoms with Crippen LogP contribution in [-0.2, 0) is 0 Å². The van der Waals surface area contributed by atoms with Crippen LogP contribution in [0.5, 0.6) is 0 Å². The lowest BCUT2D eigenvalue weighted by Gasteiger charge is -2.35. The Morgan fingerprint density at radius 3 is 2.13 bits per heavy atom. The van der Waals surface area contributed by atoms with E-state index in [4.69, 9.17) is 0 Å². The number of halogens is 2. The molecule has 2 N–H and O–H groups in total. The van der Waals surface area contributed by atoms with Gasteiger partial charge in [-0.05, 0) is 51.9 Å². The molecule has 0 atom stereocenters. The first-order chi connectivity index (χ1) is 6.29. The van der Waals surface area contributed by atoms with Gasteiger partial charge in [-0.2, -0.15) is 0 Å². The molecule has 2 fully saturated rings. The van der Waals surface area contributed by atoms with Gasteiger partial charge >= 0.3 is 0 Å². The predicted octanol–water partition coefficient (Wildman–Crippen LogP) is 1.04. The number of nitrogens with zero attached hydrogens (tertiary/aromatic N) is 1. The monoisotopic (exact) mass is 256 g/mol. The van der Waals surface area contributed by atoms with Crippen LogP contribution < -0.4 is 5.32 Å². The van der Waals surface area contributed by atoms with E-state index in [0.29, 0.717) is 0 Å². The van der Waals surface area contributed by atoms with Gasteiger partial charge in [-0.25, -0.2) is 0 Å². The average Bonchev–Trinajstić information content (AvgIpc) is 2.57. The molecule has 5 heteroatoms. The molecule has 2 rings (SSSR count). The molecule has 0 aliphatic carbocycles. The van der Waals surface area contributed by atoms with Crippen molar-refractivity contribution in [3.63, 3.8) is 0 Å². The Balaban J connectivity index is 0.000000980. The molecule has 2 aliphatic heterocycles. The van der Waals surface area contributed by atoms with Gasteiger partial charge in [0, 0.05) is 6.54 Å². The zero-order chi connectivity index (χ0) is 9.15. The zero-order valence-electron chi connectivity index (χ0n) is 9.07. The van der Waals surface area contributed by atoms with Crippen LogP contribution in [-0.4, -0.2) is 48.3 Å². The SMILES string of the molecule is Cl.Cl.OC1(CN2CCCC2)CCNCC1. The number of aliphatic hydroxyl groups is 1. The number of nitrogens with one attached hydrogen (secondary N) is 1. The molecule has 0 aromatic rings. The van der Waals surface area contributed by atoms with Gasteiger partial charge in [0.05, 0.1) is 5.60 Å². The fourth-order valence-corrected chi connectivity index (χ4v) is 2.41. The Morgan fingerprint density at radius 1 is 1.07 bits per heavy atom. The maximum atomic E-state index is 10.2. The normalized spacial score (nSPS) is 25.4. The maximum absolute atomic E-state index is 10.2. The Labute approximate surface area is 104 Å². The van der Waals surface area contributed by atoms with Crippen molar-refractivity contribution in [3.8, 4) is 0 Å². The standard InChI is InChI=1S/C10H20N2O.2ClH/c13-10(3-5-11-6-4-10)9-12-7-1-2-8-12;;/h11,13H,1-9H2;2*1H. The van der Waals surface area contributed by atoms with Crippen LogP contribution in [0.15, 0.2) is 0 Å². The quantitative estimate of drug-likeness (QED) is 0.776. The second-order valence-corrected chi connectivity index (χ2v) is 4.46. The maximum Gasteiger partial charge on any atom is 0.0798 e. The summed E-state index contributed by atoms with van der Waals surface area (Å²) in [6, 6.07) is 0. The van der Waals surface area contributed by atoms with Gasteiger partial charge in [0.25, 0.3) is 0 Å². The van der Waals surface area contributed by atoms with Crippen LogP contribution in [0.4, 0.5) is 0 Å². The molecule has 15 heavy (non-hydrogen) atoms. The summed E-state index contributed by atoms with van der Waals surface area (Å²) < 4.78 is 0. The van der Waals surface area contributed by atoms with E-state index in [2.05, 4.69) is 10.2 Å². The third kappa shape index (κ3) is 4.45. The van der Waals surface area contributed by atoms with E-state index in [-0.39, 0.29) is 24.8 Å². The van der Waals surface area contributed by atoms with Gasteiger partial charge in [0.2, 0.25) is 0 Å². The van der Waals surface area contributed by atoms with E-state index in [1.54, 1.807) is 0 Å². The molecule has 0 bridgehead atoms. The van der Waals surface area contributed by atoms with Crippen molar-refractivity contribution >= 4 is 24.8 Å². The number of hydrogen-bond acceptors (Lipinski definition) is 3. The lowest BCUT2D eigenvalue weighted by molar-refractivity contribution is -0.0158. The minimum absolute atomic E-state index is 0. The summed E-state index contributed by atoms with van der Waals surface area (Å²) in [7, 11) is 0. The molecule has 0 spiro atoms. The molecule has 3 nitrogen and oxygen atoms in total. The second-order valence-electron chi connectivity index (χ2n) is 4.46. The van der Waals surface area contributed by atoms with E-state index in [9.17, 15) is 5.11 Å². The smallest absolute Gasteiger partial charge is 0.0798 e. The first-order valence-corrected chi connectivity index (χ1v) is 5.44. The highest BCUT2D eigenvalue weighted by molar-refractivity contribution is 5.85. The summed E-state index contributed by atoms with van der Waals surface area (Å²) in [5, 5.41) is 13.5. The molecule has 0 amide bonds. The lowest BCUT2D eigenvalue weighted by atomic mass is 9.92. The van der Waals surface area contributed by atoms with E-state index >= 15 is 0 Å². The largest absolute Gasteiger partial charge is 0.388 e. The average molecular weight is 257 g/mol. The van der Waals surface area contributed by atoms with Crippen LogP contribution in [0.1, 0.15) is 25.7 Å². The molecular weight excluding hydrogens is 235 g/mol. The minimum Gasteiger partial charge on any atom is -0.388 e. The second kappa shape index (κ2) is 6.92. The van der Waals surface area contributed by atoms with Gasteiger partial charge in [-0.15, -0.1) is 24.8 Å². The molecule has 2 saturated heterocycles. The number of β-amino-alcohol motifs (C(OH)–C–C–N with tert-alkyl or cyclic N) is 1. The fourth-order valence-electron chi connectivity index (χ4n) is 2.41. The van der Waals surface area contributed by atoms with Crippen molar-refractivity contribution in [2.45, 2.75) is 31.3 Å². The van der Waals surface area contributed by atoms with Crippen molar-refractivity contribution < 1.29 is 5.11 Å². The summed E-state index contributed by atoms with van der Waals surface area (Å²) in [6.45, 7) is 5.23. The topological polar surface area (TPSA) is 35.5 Å². The van der Waals surface area contributed by atoms with Crippen LogP contribution in [0.25, 0.3) is 0 Å². The highest BCUT2D eigenvalue weighted by Crippen LogP contribution is 2.21. The molecule has 0 saturated carbocycles.